The highest BCUT2D eigenvalue weighted by atomic mass is 16.1. The second-order valence-corrected chi connectivity index (χ2v) is 6.51. The van der Waals surface area contributed by atoms with Crippen LogP contribution < -0.4 is 5.32 Å². The number of nitrogens with one attached hydrogen (secondary N) is 1. The molecule has 21 heavy (non-hydrogen) atoms. The molecule has 1 aromatic rings. The van der Waals surface area contributed by atoms with Crippen LogP contribution >= 0.6 is 0 Å². The number of carbonyl (C=O) groups excluding carboxylic acids is 1. The molecule has 3 rings (SSSR count). The second kappa shape index (κ2) is 6.71. The zero-order valence-corrected chi connectivity index (χ0v) is 13.0. The molecule has 3 nitrogen and oxygen atoms in total. The normalized spacial score (nSPS) is 24.3. The van der Waals surface area contributed by atoms with E-state index in [4.69, 9.17) is 0 Å². The van der Waals surface area contributed by atoms with Gasteiger partial charge in [-0.2, -0.15) is 0 Å². The topological polar surface area (TPSA) is 32.3 Å². The van der Waals surface area contributed by atoms with Gasteiger partial charge < -0.3 is 5.32 Å². The van der Waals surface area contributed by atoms with Gasteiger partial charge in [0.05, 0.1) is 6.04 Å². The Labute approximate surface area is 127 Å². The Morgan fingerprint density at radius 1 is 1.19 bits per heavy atom. The number of likely N-dealkylation sites (tertiary alicyclic amines) is 1. The predicted molar refractivity (Wildman–Crippen MR) is 85.5 cm³/mol. The van der Waals surface area contributed by atoms with Crippen LogP contribution in [0.15, 0.2) is 24.3 Å². The number of rotatable bonds is 4. The summed E-state index contributed by atoms with van der Waals surface area (Å²) in [5.74, 6) is 0.412. The van der Waals surface area contributed by atoms with Crippen molar-refractivity contribution in [2.24, 2.45) is 0 Å². The summed E-state index contributed by atoms with van der Waals surface area (Å²) in [7, 11) is 0. The molecule has 1 N–H and O–H groups in total. The van der Waals surface area contributed by atoms with Gasteiger partial charge in [-0.05, 0) is 57.8 Å². The zero-order valence-electron chi connectivity index (χ0n) is 13.0. The molecule has 0 amide bonds. The molecule has 1 atom stereocenters. The molecule has 3 heteroatoms. The smallest absolute Gasteiger partial charge is 0.154 e. The molecular formula is C18H26N2O. The molecule has 0 aliphatic carbocycles. The molecule has 0 bridgehead atoms. The van der Waals surface area contributed by atoms with Gasteiger partial charge in [-0.1, -0.05) is 29.8 Å². The summed E-state index contributed by atoms with van der Waals surface area (Å²) in [5.41, 5.74) is 2.41. The first-order valence-corrected chi connectivity index (χ1v) is 8.29. The average Bonchev–Trinajstić information content (AvgIpc) is 3.00. The van der Waals surface area contributed by atoms with E-state index in [0.29, 0.717) is 18.2 Å². The molecule has 2 heterocycles. The summed E-state index contributed by atoms with van der Waals surface area (Å²) in [6, 6.07) is 9.16. The van der Waals surface area contributed by atoms with Gasteiger partial charge in [-0.3, -0.25) is 9.69 Å². The number of hydrogen-bond acceptors (Lipinski definition) is 3. The van der Waals surface area contributed by atoms with Crippen LogP contribution in [0.5, 0.6) is 0 Å². The van der Waals surface area contributed by atoms with E-state index >= 15 is 0 Å². The summed E-state index contributed by atoms with van der Waals surface area (Å²) in [6.07, 6.45) is 5.19. The fourth-order valence-electron chi connectivity index (χ4n) is 3.74. The van der Waals surface area contributed by atoms with Crippen molar-refractivity contribution < 1.29 is 4.79 Å². The number of nitrogens with zero attached hydrogens (tertiary/aromatic N) is 1. The molecule has 0 spiro atoms. The summed E-state index contributed by atoms with van der Waals surface area (Å²) in [6.45, 7) is 5.39. The number of hydrogen-bond donors (Lipinski definition) is 1. The molecule has 0 radical (unpaired) electrons. The molecule has 0 saturated carbocycles. The van der Waals surface area contributed by atoms with Crippen LogP contribution in [0.4, 0.5) is 0 Å². The van der Waals surface area contributed by atoms with E-state index in [-0.39, 0.29) is 6.04 Å². The summed E-state index contributed by atoms with van der Waals surface area (Å²) in [5, 5.41) is 3.42. The fourth-order valence-corrected chi connectivity index (χ4v) is 3.74. The Bertz CT molecular complexity index is 476. The Morgan fingerprint density at radius 3 is 2.62 bits per heavy atom. The van der Waals surface area contributed by atoms with E-state index in [1.807, 2.05) is 0 Å². The van der Waals surface area contributed by atoms with Gasteiger partial charge in [0.15, 0.2) is 5.78 Å². The molecule has 0 aromatic heterocycles. The van der Waals surface area contributed by atoms with Gasteiger partial charge in [0.25, 0.3) is 0 Å². The molecule has 2 fully saturated rings. The van der Waals surface area contributed by atoms with Crippen molar-refractivity contribution in [3.05, 3.63) is 35.4 Å². The Balaban J connectivity index is 1.63. The molecule has 2 saturated heterocycles. The summed E-state index contributed by atoms with van der Waals surface area (Å²) in [4.78, 5) is 15.2. The molecule has 2 aliphatic rings. The van der Waals surface area contributed by atoms with E-state index in [1.165, 1.54) is 24.8 Å². The largest absolute Gasteiger partial charge is 0.317 e. The quantitative estimate of drug-likeness (QED) is 0.922. The Kier molecular flexibility index (Phi) is 4.71. The van der Waals surface area contributed by atoms with Gasteiger partial charge >= 0.3 is 0 Å². The van der Waals surface area contributed by atoms with Crippen molar-refractivity contribution >= 4 is 5.78 Å². The number of aryl methyl sites for hydroxylation is 1. The first kappa shape index (κ1) is 14.7. The summed E-state index contributed by atoms with van der Waals surface area (Å²) < 4.78 is 0. The lowest BCUT2D eigenvalue weighted by molar-refractivity contribution is -0.123. The van der Waals surface area contributed by atoms with Gasteiger partial charge in [-0.15, -0.1) is 0 Å². The third-order valence-electron chi connectivity index (χ3n) is 4.94. The van der Waals surface area contributed by atoms with E-state index < -0.39 is 0 Å². The highest BCUT2D eigenvalue weighted by molar-refractivity contribution is 5.86. The Morgan fingerprint density at radius 2 is 1.90 bits per heavy atom. The van der Waals surface area contributed by atoms with E-state index in [2.05, 4.69) is 41.4 Å². The van der Waals surface area contributed by atoms with Crippen LogP contribution in [0.25, 0.3) is 0 Å². The maximum absolute atomic E-state index is 12.7. The third-order valence-corrected chi connectivity index (χ3v) is 4.94. The fraction of sp³-hybridized carbons (Fsp3) is 0.611. The SMILES string of the molecule is Cc1ccc(CC(=O)C2CCCN2C2CCNCC2)cc1. The Hall–Kier alpha value is -1.19. The number of ketones is 1. The first-order valence-electron chi connectivity index (χ1n) is 8.29. The molecule has 2 aliphatic heterocycles. The van der Waals surface area contributed by atoms with Crippen molar-refractivity contribution in [1.29, 1.82) is 0 Å². The van der Waals surface area contributed by atoms with Crippen LogP contribution in [-0.4, -0.2) is 42.4 Å². The molecule has 1 unspecified atom stereocenters. The van der Waals surface area contributed by atoms with E-state index in [1.54, 1.807) is 0 Å². The second-order valence-electron chi connectivity index (χ2n) is 6.51. The minimum atomic E-state index is 0.161. The number of carbonyl (C=O) groups is 1. The summed E-state index contributed by atoms with van der Waals surface area (Å²) >= 11 is 0. The van der Waals surface area contributed by atoms with Gasteiger partial charge in [-0.25, -0.2) is 0 Å². The predicted octanol–water partition coefficient (Wildman–Crippen LogP) is 2.32. The highest BCUT2D eigenvalue weighted by Crippen LogP contribution is 2.25. The first-order chi connectivity index (χ1) is 10.2. The van der Waals surface area contributed by atoms with E-state index in [9.17, 15) is 4.79 Å². The number of piperidine rings is 1. The lowest BCUT2D eigenvalue weighted by Gasteiger charge is -2.35. The lowest BCUT2D eigenvalue weighted by atomic mass is 9.98. The maximum atomic E-state index is 12.7. The molecule has 1 aromatic carbocycles. The van der Waals surface area contributed by atoms with Crippen molar-refractivity contribution in [3.63, 3.8) is 0 Å². The standard InChI is InChI=1S/C18H26N2O/c1-14-4-6-15(7-5-14)13-18(21)17-3-2-12-20(17)16-8-10-19-11-9-16/h4-7,16-17,19H,2-3,8-13H2,1H3. The van der Waals surface area contributed by atoms with E-state index in [0.717, 1.165) is 31.6 Å². The van der Waals surface area contributed by atoms with Gasteiger partial charge in [0, 0.05) is 12.5 Å². The average molecular weight is 286 g/mol. The van der Waals surface area contributed by atoms with Crippen LogP contribution in [-0.2, 0) is 11.2 Å². The number of benzene rings is 1. The van der Waals surface area contributed by atoms with Crippen LogP contribution in [0.3, 0.4) is 0 Å². The highest BCUT2D eigenvalue weighted by Gasteiger charge is 2.35. The third kappa shape index (κ3) is 3.53. The molecular weight excluding hydrogens is 260 g/mol. The minimum absolute atomic E-state index is 0.161. The van der Waals surface area contributed by atoms with Crippen LogP contribution in [0, 0.1) is 6.92 Å². The van der Waals surface area contributed by atoms with Crippen molar-refractivity contribution in [1.82, 2.24) is 10.2 Å². The lowest BCUT2D eigenvalue weighted by Crippen LogP contribution is -2.48. The van der Waals surface area contributed by atoms with Gasteiger partial charge in [0.2, 0.25) is 0 Å². The molecule has 114 valence electrons. The van der Waals surface area contributed by atoms with Crippen molar-refractivity contribution in [2.45, 2.75) is 51.1 Å². The monoisotopic (exact) mass is 286 g/mol. The number of Topliss-reactive ketones (excluding diaryl/α,β-unsaturated/α-hetero) is 1. The maximum Gasteiger partial charge on any atom is 0.154 e. The van der Waals surface area contributed by atoms with Crippen molar-refractivity contribution in [3.8, 4) is 0 Å². The van der Waals surface area contributed by atoms with Crippen molar-refractivity contribution in [2.75, 3.05) is 19.6 Å². The van der Waals surface area contributed by atoms with Gasteiger partial charge in [0.1, 0.15) is 0 Å². The van der Waals surface area contributed by atoms with Crippen LogP contribution in [0.1, 0.15) is 36.8 Å². The zero-order chi connectivity index (χ0) is 14.7. The van der Waals surface area contributed by atoms with Crippen LogP contribution in [0.2, 0.25) is 0 Å². The minimum Gasteiger partial charge on any atom is -0.317 e.